The second-order valence-corrected chi connectivity index (χ2v) is 2.98. The molecular weight excluding hydrogens is 212 g/mol. The number of hydrogen-bond donors (Lipinski definition) is 2. The van der Waals surface area contributed by atoms with Gasteiger partial charge < -0.3 is 20.5 Å². The highest BCUT2D eigenvalue weighted by Crippen LogP contribution is 1.89. The third kappa shape index (κ3) is 6.81. The number of methoxy groups -OCH3 is 1. The van der Waals surface area contributed by atoms with Crippen molar-refractivity contribution >= 4 is 11.8 Å². The molecule has 0 unspecified atom stereocenters. The summed E-state index contributed by atoms with van der Waals surface area (Å²) in [6.07, 6.45) is 5.09. The maximum absolute atomic E-state index is 11.2. The van der Waals surface area contributed by atoms with Crippen LogP contribution < -0.4 is 11.1 Å². The molecule has 0 bridgehead atoms. The third-order valence-corrected chi connectivity index (χ3v) is 1.67. The van der Waals surface area contributed by atoms with Gasteiger partial charge in [-0.3, -0.25) is 9.59 Å². The van der Waals surface area contributed by atoms with Crippen molar-refractivity contribution in [1.29, 1.82) is 0 Å². The second kappa shape index (κ2) is 8.71. The minimum absolute atomic E-state index is 0.0686. The smallest absolute Gasteiger partial charge is 0.246 e. The van der Waals surface area contributed by atoms with Crippen LogP contribution in [0.15, 0.2) is 0 Å². The van der Waals surface area contributed by atoms with Crippen molar-refractivity contribution in [1.82, 2.24) is 5.32 Å². The van der Waals surface area contributed by atoms with E-state index in [0.29, 0.717) is 13.2 Å². The fourth-order valence-corrected chi connectivity index (χ4v) is 0.884. The van der Waals surface area contributed by atoms with Crippen LogP contribution in [0.25, 0.3) is 0 Å². The number of amides is 2. The molecule has 0 saturated carbocycles. The molecule has 0 spiro atoms. The number of nitrogens with one attached hydrogen (secondary N) is 1. The first-order valence-corrected chi connectivity index (χ1v) is 4.70. The van der Waals surface area contributed by atoms with Crippen molar-refractivity contribution in [2.45, 2.75) is 12.5 Å². The van der Waals surface area contributed by atoms with Gasteiger partial charge in [0.15, 0.2) is 0 Å². The highest BCUT2D eigenvalue weighted by Gasteiger charge is 2.16. The summed E-state index contributed by atoms with van der Waals surface area (Å²) in [7, 11) is 1.53. The van der Waals surface area contributed by atoms with Crippen LogP contribution in [0.2, 0.25) is 0 Å². The fraction of sp³-hybridized carbons (Fsp3) is 0.600. The Labute approximate surface area is 94.5 Å². The number of carbonyl (C=O) groups excluding carboxylic acids is 2. The van der Waals surface area contributed by atoms with Gasteiger partial charge in [0, 0.05) is 13.5 Å². The Morgan fingerprint density at radius 1 is 1.50 bits per heavy atom. The van der Waals surface area contributed by atoms with Gasteiger partial charge in [0.05, 0.1) is 13.2 Å². The zero-order chi connectivity index (χ0) is 12.4. The summed E-state index contributed by atoms with van der Waals surface area (Å²) in [6, 6.07) is -0.844. The van der Waals surface area contributed by atoms with Crippen LogP contribution in [-0.2, 0) is 19.1 Å². The topological polar surface area (TPSA) is 90.7 Å². The van der Waals surface area contributed by atoms with Crippen LogP contribution in [0.4, 0.5) is 0 Å². The first-order valence-electron chi connectivity index (χ1n) is 4.70. The van der Waals surface area contributed by atoms with Crippen LogP contribution in [0.1, 0.15) is 6.42 Å². The number of carbonyl (C=O) groups is 2. The first-order chi connectivity index (χ1) is 7.61. The predicted molar refractivity (Wildman–Crippen MR) is 57.3 cm³/mol. The molecule has 0 saturated heterocycles. The van der Waals surface area contributed by atoms with E-state index in [1.54, 1.807) is 0 Å². The van der Waals surface area contributed by atoms with E-state index >= 15 is 0 Å². The molecule has 90 valence electrons. The van der Waals surface area contributed by atoms with Crippen LogP contribution in [0.3, 0.4) is 0 Å². The Hall–Kier alpha value is -1.58. The van der Waals surface area contributed by atoms with Crippen molar-refractivity contribution in [3.05, 3.63) is 0 Å². The molecule has 6 heteroatoms. The molecule has 0 aromatic carbocycles. The Morgan fingerprint density at radius 3 is 2.69 bits per heavy atom. The van der Waals surface area contributed by atoms with Gasteiger partial charge in [-0.05, 0) is 0 Å². The van der Waals surface area contributed by atoms with E-state index in [4.69, 9.17) is 21.6 Å². The molecule has 0 aliphatic carbocycles. The molecule has 6 nitrogen and oxygen atoms in total. The molecule has 0 aliphatic rings. The number of terminal acetylenes is 1. The summed E-state index contributed by atoms with van der Waals surface area (Å²) < 4.78 is 9.68. The molecular formula is C10H16N2O4. The lowest BCUT2D eigenvalue weighted by molar-refractivity contribution is -0.130. The highest BCUT2D eigenvalue weighted by molar-refractivity contribution is 5.87. The zero-order valence-electron chi connectivity index (χ0n) is 9.19. The molecule has 0 fully saturated rings. The van der Waals surface area contributed by atoms with Crippen molar-refractivity contribution < 1.29 is 19.1 Å². The summed E-state index contributed by atoms with van der Waals surface area (Å²) in [5, 5.41) is 2.37. The molecule has 0 radical (unpaired) electrons. The molecule has 0 rings (SSSR count). The number of ether oxygens (including phenoxy) is 2. The SMILES string of the molecule is C#CC[C@H](NC(=O)COCCOC)C(N)=O. The molecule has 0 heterocycles. The third-order valence-electron chi connectivity index (χ3n) is 1.67. The standard InChI is InChI=1S/C10H16N2O4/c1-3-4-8(10(11)14)12-9(13)7-16-6-5-15-2/h1,8H,4-7H2,2H3,(H2,11,14)(H,12,13)/t8-/m0/s1. The van der Waals surface area contributed by atoms with E-state index in [9.17, 15) is 9.59 Å². The lowest BCUT2D eigenvalue weighted by Crippen LogP contribution is -2.45. The van der Waals surface area contributed by atoms with Gasteiger partial charge in [-0.25, -0.2) is 0 Å². The molecule has 16 heavy (non-hydrogen) atoms. The summed E-state index contributed by atoms with van der Waals surface area (Å²) in [5.41, 5.74) is 5.04. The number of primary amides is 1. The maximum atomic E-state index is 11.2. The van der Waals surface area contributed by atoms with Gasteiger partial charge in [-0.15, -0.1) is 12.3 Å². The lowest BCUT2D eigenvalue weighted by Gasteiger charge is -2.12. The van der Waals surface area contributed by atoms with E-state index in [1.165, 1.54) is 7.11 Å². The van der Waals surface area contributed by atoms with E-state index in [1.807, 2.05) is 0 Å². The quantitative estimate of drug-likeness (QED) is 0.396. The van der Waals surface area contributed by atoms with E-state index < -0.39 is 17.9 Å². The summed E-state index contributed by atoms with van der Waals surface area (Å²) in [5.74, 6) is 1.16. The maximum Gasteiger partial charge on any atom is 0.246 e. The summed E-state index contributed by atoms with van der Waals surface area (Å²) in [6.45, 7) is 0.550. The Morgan fingerprint density at radius 2 is 2.19 bits per heavy atom. The average Bonchev–Trinajstić information content (AvgIpc) is 2.23. The lowest BCUT2D eigenvalue weighted by atomic mass is 10.2. The van der Waals surface area contributed by atoms with Gasteiger partial charge in [0.2, 0.25) is 11.8 Å². The highest BCUT2D eigenvalue weighted by atomic mass is 16.5. The molecule has 0 aliphatic heterocycles. The molecule has 2 amide bonds. The summed E-state index contributed by atoms with van der Waals surface area (Å²) >= 11 is 0. The molecule has 3 N–H and O–H groups in total. The number of rotatable bonds is 8. The van der Waals surface area contributed by atoms with Gasteiger partial charge in [0.25, 0.3) is 0 Å². The van der Waals surface area contributed by atoms with Crippen LogP contribution in [-0.4, -0.2) is 44.8 Å². The Bertz CT molecular complexity index is 272. The van der Waals surface area contributed by atoms with E-state index in [-0.39, 0.29) is 13.0 Å². The molecule has 0 aromatic rings. The van der Waals surface area contributed by atoms with Gasteiger partial charge in [0.1, 0.15) is 12.6 Å². The Kier molecular flexibility index (Phi) is 7.85. The second-order valence-electron chi connectivity index (χ2n) is 2.98. The number of nitrogens with two attached hydrogens (primary N) is 1. The minimum Gasteiger partial charge on any atom is -0.382 e. The predicted octanol–water partition coefficient (Wildman–Crippen LogP) is -1.36. The van der Waals surface area contributed by atoms with Crippen molar-refractivity contribution in [3.63, 3.8) is 0 Å². The minimum atomic E-state index is -0.844. The fourth-order valence-electron chi connectivity index (χ4n) is 0.884. The largest absolute Gasteiger partial charge is 0.382 e. The van der Waals surface area contributed by atoms with Crippen LogP contribution >= 0.6 is 0 Å². The average molecular weight is 228 g/mol. The number of hydrogen-bond acceptors (Lipinski definition) is 4. The van der Waals surface area contributed by atoms with Gasteiger partial charge in [-0.1, -0.05) is 0 Å². The monoisotopic (exact) mass is 228 g/mol. The van der Waals surface area contributed by atoms with Crippen LogP contribution in [0.5, 0.6) is 0 Å². The van der Waals surface area contributed by atoms with Gasteiger partial charge >= 0.3 is 0 Å². The van der Waals surface area contributed by atoms with E-state index in [0.717, 1.165) is 0 Å². The first kappa shape index (κ1) is 14.4. The van der Waals surface area contributed by atoms with Crippen molar-refractivity contribution in [2.75, 3.05) is 26.9 Å². The van der Waals surface area contributed by atoms with E-state index in [2.05, 4.69) is 11.2 Å². The summed E-state index contributed by atoms with van der Waals surface area (Å²) in [4.78, 5) is 22.1. The van der Waals surface area contributed by atoms with Gasteiger partial charge in [-0.2, -0.15) is 0 Å². The van der Waals surface area contributed by atoms with Crippen LogP contribution in [0, 0.1) is 12.3 Å². The molecule has 0 aromatic heterocycles. The van der Waals surface area contributed by atoms with Crippen molar-refractivity contribution in [2.24, 2.45) is 5.73 Å². The Balaban J connectivity index is 3.83. The zero-order valence-corrected chi connectivity index (χ0v) is 9.19. The van der Waals surface area contributed by atoms with Crippen molar-refractivity contribution in [3.8, 4) is 12.3 Å². The molecule has 1 atom stereocenters. The normalized spacial score (nSPS) is 11.5.